The lowest BCUT2D eigenvalue weighted by molar-refractivity contribution is -0.139. The minimum Gasteiger partial charge on any atom is -0.504 e. The molecule has 144 valence electrons. The molecule has 0 spiro atoms. The van der Waals surface area contributed by atoms with Gasteiger partial charge in [-0.1, -0.05) is 43.0 Å². The topological polar surface area (TPSA) is 65.0 Å². The molecule has 1 aliphatic heterocycles. The van der Waals surface area contributed by atoms with E-state index >= 15 is 0 Å². The number of ether oxygens (including phenoxy) is 3. The maximum atomic E-state index is 11.7. The highest BCUT2D eigenvalue weighted by Gasteiger charge is 2.23. The SMILES string of the molecule is C=C1C=C(C(=O)OC)OC(CCc2ccc(-c3ccc(OC)cc3)cc2)=C1O. The second-order valence-electron chi connectivity index (χ2n) is 6.32. The average molecular weight is 378 g/mol. The molecular weight excluding hydrogens is 356 g/mol. The molecule has 0 atom stereocenters. The molecule has 0 saturated carbocycles. The second kappa shape index (κ2) is 8.48. The molecule has 1 heterocycles. The van der Waals surface area contributed by atoms with Gasteiger partial charge in [-0.05, 0) is 41.3 Å². The molecule has 1 aliphatic rings. The van der Waals surface area contributed by atoms with Crippen LogP contribution in [0.1, 0.15) is 12.0 Å². The molecule has 3 rings (SSSR count). The predicted octanol–water partition coefficient (Wildman–Crippen LogP) is 4.71. The largest absolute Gasteiger partial charge is 0.504 e. The van der Waals surface area contributed by atoms with E-state index in [1.807, 2.05) is 48.5 Å². The van der Waals surface area contributed by atoms with E-state index in [2.05, 4.69) is 11.3 Å². The van der Waals surface area contributed by atoms with Crippen LogP contribution in [0.25, 0.3) is 11.1 Å². The van der Waals surface area contributed by atoms with Crippen molar-refractivity contribution in [3.63, 3.8) is 0 Å². The van der Waals surface area contributed by atoms with Crippen LogP contribution in [-0.4, -0.2) is 25.3 Å². The fourth-order valence-electron chi connectivity index (χ4n) is 2.89. The molecule has 0 saturated heterocycles. The highest BCUT2D eigenvalue weighted by Crippen LogP contribution is 2.28. The molecule has 0 radical (unpaired) electrons. The number of hydrogen-bond acceptors (Lipinski definition) is 5. The van der Waals surface area contributed by atoms with Crippen LogP contribution >= 0.6 is 0 Å². The van der Waals surface area contributed by atoms with E-state index < -0.39 is 5.97 Å². The molecule has 28 heavy (non-hydrogen) atoms. The minimum absolute atomic E-state index is 0.0233. The van der Waals surface area contributed by atoms with Gasteiger partial charge in [-0.3, -0.25) is 0 Å². The highest BCUT2D eigenvalue weighted by atomic mass is 16.6. The number of aliphatic hydroxyl groups is 1. The molecule has 1 N–H and O–H groups in total. The summed E-state index contributed by atoms with van der Waals surface area (Å²) in [6.45, 7) is 3.74. The zero-order chi connectivity index (χ0) is 20.1. The van der Waals surface area contributed by atoms with Crippen molar-refractivity contribution in [3.05, 3.63) is 89.6 Å². The van der Waals surface area contributed by atoms with Crippen LogP contribution in [0.5, 0.6) is 5.75 Å². The first-order valence-electron chi connectivity index (χ1n) is 8.84. The summed E-state index contributed by atoms with van der Waals surface area (Å²) in [5.74, 6) is 0.516. The molecule has 0 aromatic heterocycles. The fourth-order valence-corrected chi connectivity index (χ4v) is 2.89. The van der Waals surface area contributed by atoms with Crippen molar-refractivity contribution in [2.45, 2.75) is 12.8 Å². The molecule has 0 fully saturated rings. The lowest BCUT2D eigenvalue weighted by atomic mass is 10.0. The Hall–Kier alpha value is -3.47. The van der Waals surface area contributed by atoms with Crippen LogP contribution in [-0.2, 0) is 20.7 Å². The van der Waals surface area contributed by atoms with Gasteiger partial charge in [-0.15, -0.1) is 0 Å². The molecule has 0 amide bonds. The Morgan fingerprint density at radius 2 is 1.61 bits per heavy atom. The highest BCUT2D eigenvalue weighted by molar-refractivity contribution is 5.87. The van der Waals surface area contributed by atoms with Gasteiger partial charge in [0.2, 0.25) is 5.76 Å². The van der Waals surface area contributed by atoms with Gasteiger partial charge in [0.15, 0.2) is 5.76 Å². The number of allylic oxidation sites excluding steroid dienone is 2. The molecule has 0 bridgehead atoms. The van der Waals surface area contributed by atoms with Crippen LogP contribution in [0.4, 0.5) is 0 Å². The maximum Gasteiger partial charge on any atom is 0.373 e. The van der Waals surface area contributed by atoms with Crippen molar-refractivity contribution in [2.75, 3.05) is 14.2 Å². The number of methoxy groups -OCH3 is 2. The van der Waals surface area contributed by atoms with Crippen molar-refractivity contribution in [2.24, 2.45) is 0 Å². The zero-order valence-corrected chi connectivity index (χ0v) is 15.9. The monoisotopic (exact) mass is 378 g/mol. The maximum absolute atomic E-state index is 11.7. The Kier molecular flexibility index (Phi) is 5.84. The molecule has 5 heteroatoms. The predicted molar refractivity (Wildman–Crippen MR) is 107 cm³/mol. The van der Waals surface area contributed by atoms with Gasteiger partial charge >= 0.3 is 5.97 Å². The van der Waals surface area contributed by atoms with Crippen LogP contribution in [0, 0.1) is 0 Å². The third kappa shape index (κ3) is 4.26. The standard InChI is InChI=1S/C23H22O5/c1-15-14-21(23(25)27-3)28-20(22(15)24)13-6-16-4-7-17(8-5-16)18-9-11-19(26-2)12-10-18/h4-5,7-12,14,24H,1,6,13H2,2-3H3. The van der Waals surface area contributed by atoms with Gasteiger partial charge in [0.05, 0.1) is 14.2 Å². The molecule has 2 aromatic rings. The van der Waals surface area contributed by atoms with Gasteiger partial charge in [-0.2, -0.15) is 0 Å². The number of esters is 1. The Labute approximate surface area is 164 Å². The summed E-state index contributed by atoms with van der Waals surface area (Å²) >= 11 is 0. The first-order valence-corrected chi connectivity index (χ1v) is 8.84. The number of carbonyl (C=O) groups excluding carboxylic acids is 1. The van der Waals surface area contributed by atoms with E-state index in [9.17, 15) is 9.90 Å². The summed E-state index contributed by atoms with van der Waals surface area (Å²) in [5, 5.41) is 10.2. The summed E-state index contributed by atoms with van der Waals surface area (Å²) in [5.41, 5.74) is 3.62. The Balaban J connectivity index is 1.66. The summed E-state index contributed by atoms with van der Waals surface area (Å²) < 4.78 is 15.4. The van der Waals surface area contributed by atoms with Crippen LogP contribution in [0.3, 0.4) is 0 Å². The summed E-state index contributed by atoms with van der Waals surface area (Å²) in [6.07, 6.45) is 2.44. The number of aliphatic hydroxyl groups excluding tert-OH is 1. The van der Waals surface area contributed by atoms with E-state index in [0.29, 0.717) is 24.2 Å². The van der Waals surface area contributed by atoms with Crippen LogP contribution < -0.4 is 4.74 Å². The summed E-state index contributed by atoms with van der Waals surface area (Å²) in [6, 6.07) is 16.0. The molecular formula is C23H22O5. The van der Waals surface area contributed by atoms with Crippen molar-refractivity contribution in [1.82, 2.24) is 0 Å². The molecule has 5 nitrogen and oxygen atoms in total. The summed E-state index contributed by atoms with van der Waals surface area (Å²) in [7, 11) is 2.92. The number of aryl methyl sites for hydroxylation is 1. The van der Waals surface area contributed by atoms with Crippen molar-refractivity contribution >= 4 is 5.97 Å². The van der Waals surface area contributed by atoms with Crippen LogP contribution in [0.15, 0.2) is 84.0 Å². The van der Waals surface area contributed by atoms with Gasteiger partial charge in [0, 0.05) is 12.0 Å². The lowest BCUT2D eigenvalue weighted by Crippen LogP contribution is -2.14. The van der Waals surface area contributed by atoms with E-state index in [0.717, 1.165) is 22.4 Å². The van der Waals surface area contributed by atoms with Crippen LogP contribution in [0.2, 0.25) is 0 Å². The Bertz CT molecular complexity index is 934. The minimum atomic E-state index is -0.602. The third-order valence-electron chi connectivity index (χ3n) is 4.51. The smallest absolute Gasteiger partial charge is 0.373 e. The first-order chi connectivity index (χ1) is 13.5. The normalized spacial score (nSPS) is 13.6. The van der Waals surface area contributed by atoms with Gasteiger partial charge < -0.3 is 19.3 Å². The van der Waals surface area contributed by atoms with E-state index in [1.165, 1.54) is 13.2 Å². The van der Waals surface area contributed by atoms with E-state index in [1.54, 1.807) is 7.11 Å². The van der Waals surface area contributed by atoms with Crippen molar-refractivity contribution in [3.8, 4) is 16.9 Å². The fraction of sp³-hybridized carbons (Fsp3) is 0.174. The lowest BCUT2D eigenvalue weighted by Gasteiger charge is -2.18. The van der Waals surface area contributed by atoms with E-state index in [-0.39, 0.29) is 11.5 Å². The van der Waals surface area contributed by atoms with Crippen molar-refractivity contribution in [1.29, 1.82) is 0 Å². The third-order valence-corrected chi connectivity index (χ3v) is 4.51. The molecule has 0 unspecified atom stereocenters. The first kappa shape index (κ1) is 19.3. The number of benzene rings is 2. The number of rotatable bonds is 6. The van der Waals surface area contributed by atoms with Crippen molar-refractivity contribution < 1.29 is 24.1 Å². The zero-order valence-electron chi connectivity index (χ0n) is 15.9. The van der Waals surface area contributed by atoms with Gasteiger partial charge in [-0.25, -0.2) is 4.79 Å². The number of hydrogen-bond donors (Lipinski definition) is 1. The summed E-state index contributed by atoms with van der Waals surface area (Å²) in [4.78, 5) is 11.7. The van der Waals surface area contributed by atoms with Gasteiger partial charge in [0.1, 0.15) is 11.5 Å². The van der Waals surface area contributed by atoms with Gasteiger partial charge in [0.25, 0.3) is 0 Å². The molecule has 0 aliphatic carbocycles. The number of carbonyl (C=O) groups is 1. The quantitative estimate of drug-likeness (QED) is 0.738. The Morgan fingerprint density at radius 1 is 1.00 bits per heavy atom. The van der Waals surface area contributed by atoms with E-state index in [4.69, 9.17) is 9.47 Å². The second-order valence-corrected chi connectivity index (χ2v) is 6.32. The Morgan fingerprint density at radius 3 is 2.18 bits per heavy atom. The molecule has 2 aromatic carbocycles. The average Bonchev–Trinajstić information content (AvgIpc) is 2.74.